The predicted octanol–water partition coefficient (Wildman–Crippen LogP) is 3.96. The topological polar surface area (TPSA) is 9.23 Å². The van der Waals surface area contributed by atoms with Crippen molar-refractivity contribution in [1.82, 2.24) is 0 Å². The maximum atomic E-state index is 6.12. The maximum Gasteiger partial charge on any atom is 0.119 e. The average molecular weight is 217 g/mol. The van der Waals surface area contributed by atoms with Crippen LogP contribution in [-0.2, 0) is 4.74 Å². The maximum absolute atomic E-state index is 6.12. The summed E-state index contributed by atoms with van der Waals surface area (Å²) in [6, 6.07) is 0. The Kier molecular flexibility index (Phi) is 2.67. The molecule has 3 aliphatic rings. The minimum absolute atomic E-state index is 0.0122. The zero-order chi connectivity index (χ0) is 11.0. The van der Waals surface area contributed by atoms with Crippen molar-refractivity contribution in [3.05, 3.63) is 29.2 Å². The van der Waals surface area contributed by atoms with Crippen molar-refractivity contribution in [3.63, 3.8) is 0 Å². The predicted molar refractivity (Wildman–Crippen MR) is 66.1 cm³/mol. The summed E-state index contributed by atoms with van der Waals surface area (Å²) in [6.07, 6.45) is 13.7. The molecule has 0 unspecified atom stereocenters. The molecule has 16 heavy (non-hydrogen) atoms. The third-order valence-corrected chi connectivity index (χ3v) is 4.37. The molecule has 3 rings (SSSR count). The first kappa shape index (κ1) is 10.6. The second-order valence-electron chi connectivity index (χ2n) is 5.17. The van der Waals surface area contributed by atoms with E-state index in [1.165, 1.54) is 44.9 Å². The first-order chi connectivity index (χ1) is 7.88. The molecule has 0 N–H and O–H groups in total. The highest BCUT2D eigenvalue weighted by Gasteiger charge is 2.53. The van der Waals surface area contributed by atoms with Crippen LogP contribution in [0, 0.1) is 5.92 Å². The first-order valence-electron chi connectivity index (χ1n) is 6.76. The van der Waals surface area contributed by atoms with Gasteiger partial charge in [-0.15, -0.1) is 0 Å². The second kappa shape index (κ2) is 4.03. The Morgan fingerprint density at radius 2 is 1.75 bits per heavy atom. The van der Waals surface area contributed by atoms with E-state index in [9.17, 15) is 0 Å². The molecule has 1 aliphatic heterocycles. The highest BCUT2D eigenvalue weighted by Crippen LogP contribution is 2.53. The summed E-state index contributed by atoms with van der Waals surface area (Å²) in [7, 11) is 0. The zero-order valence-corrected chi connectivity index (χ0v) is 10.2. The van der Waals surface area contributed by atoms with Crippen LogP contribution in [0.4, 0.5) is 0 Å². The van der Waals surface area contributed by atoms with Gasteiger partial charge in [0.15, 0.2) is 0 Å². The van der Waals surface area contributed by atoms with Crippen LogP contribution < -0.4 is 0 Å². The fourth-order valence-electron chi connectivity index (χ4n) is 3.50. The Labute approximate surface area is 98.6 Å². The minimum atomic E-state index is -0.0122. The molecule has 0 saturated carbocycles. The lowest BCUT2D eigenvalue weighted by Crippen LogP contribution is -2.54. The average Bonchev–Trinajstić information content (AvgIpc) is 2.89. The van der Waals surface area contributed by atoms with Gasteiger partial charge in [0, 0.05) is 5.92 Å². The van der Waals surface area contributed by atoms with Crippen molar-refractivity contribution >= 4 is 0 Å². The molecule has 0 bridgehead atoms. The third-order valence-electron chi connectivity index (χ3n) is 4.37. The molecule has 1 heteroatoms. The van der Waals surface area contributed by atoms with Crippen LogP contribution in [0.15, 0.2) is 23.3 Å². The highest BCUT2D eigenvalue weighted by atomic mass is 16.5. The molecule has 1 nitrogen and oxygen atoms in total. The third kappa shape index (κ3) is 1.34. The van der Waals surface area contributed by atoms with E-state index >= 15 is 0 Å². The monoisotopic (exact) mass is 217 g/mol. The SMILES string of the molecule is CC[C]1COC1(C1=CCCC1)C1=CCCC1. The molecule has 0 aromatic carbocycles. The number of ether oxygens (including phenoxy) is 1. The summed E-state index contributed by atoms with van der Waals surface area (Å²) >= 11 is 0. The molecule has 1 heterocycles. The Bertz CT molecular complexity index is 311. The van der Waals surface area contributed by atoms with E-state index in [0.29, 0.717) is 0 Å². The normalized spacial score (nSPS) is 28.8. The summed E-state index contributed by atoms with van der Waals surface area (Å²) < 4.78 is 6.12. The highest BCUT2D eigenvalue weighted by molar-refractivity contribution is 5.48. The molecule has 0 atom stereocenters. The number of hydrogen-bond acceptors (Lipinski definition) is 1. The summed E-state index contributed by atoms with van der Waals surface area (Å²) in [5, 5.41) is 0. The van der Waals surface area contributed by atoms with Gasteiger partial charge in [0.05, 0.1) is 6.61 Å². The van der Waals surface area contributed by atoms with Gasteiger partial charge < -0.3 is 4.74 Å². The largest absolute Gasteiger partial charge is 0.365 e. The van der Waals surface area contributed by atoms with E-state index in [-0.39, 0.29) is 5.60 Å². The molecule has 2 aliphatic carbocycles. The Morgan fingerprint density at radius 3 is 2.06 bits per heavy atom. The molecule has 1 radical (unpaired) electrons. The van der Waals surface area contributed by atoms with Crippen LogP contribution in [0.5, 0.6) is 0 Å². The van der Waals surface area contributed by atoms with Crippen LogP contribution in [0.1, 0.15) is 51.9 Å². The summed E-state index contributed by atoms with van der Waals surface area (Å²) in [6.45, 7) is 3.17. The fourth-order valence-corrected chi connectivity index (χ4v) is 3.50. The van der Waals surface area contributed by atoms with Gasteiger partial charge in [0.1, 0.15) is 5.60 Å². The molecule has 0 aromatic rings. The molecule has 1 saturated heterocycles. The van der Waals surface area contributed by atoms with Crippen LogP contribution in [0.2, 0.25) is 0 Å². The van der Waals surface area contributed by atoms with Crippen LogP contribution >= 0.6 is 0 Å². The van der Waals surface area contributed by atoms with Gasteiger partial charge >= 0.3 is 0 Å². The van der Waals surface area contributed by atoms with Gasteiger partial charge in [0.25, 0.3) is 0 Å². The van der Waals surface area contributed by atoms with Crippen molar-refractivity contribution in [2.45, 2.75) is 57.5 Å². The van der Waals surface area contributed by atoms with E-state index in [4.69, 9.17) is 4.74 Å². The van der Waals surface area contributed by atoms with E-state index in [2.05, 4.69) is 19.1 Å². The summed E-state index contributed by atoms with van der Waals surface area (Å²) in [5.41, 5.74) is 3.13. The molecule has 0 amide bonds. The van der Waals surface area contributed by atoms with E-state index in [1.807, 2.05) is 0 Å². The van der Waals surface area contributed by atoms with E-state index in [1.54, 1.807) is 17.1 Å². The zero-order valence-electron chi connectivity index (χ0n) is 10.2. The van der Waals surface area contributed by atoms with Gasteiger partial charge in [-0.25, -0.2) is 0 Å². The molecular formula is C15H21O. The number of allylic oxidation sites excluding steroid dienone is 2. The molecule has 0 aromatic heterocycles. The Morgan fingerprint density at radius 1 is 1.12 bits per heavy atom. The fraction of sp³-hybridized carbons (Fsp3) is 0.667. The lowest BCUT2D eigenvalue weighted by molar-refractivity contribution is -0.0700. The minimum Gasteiger partial charge on any atom is -0.365 e. The van der Waals surface area contributed by atoms with Crippen molar-refractivity contribution < 1.29 is 4.74 Å². The molecule has 87 valence electrons. The van der Waals surface area contributed by atoms with Gasteiger partial charge in [0.2, 0.25) is 0 Å². The van der Waals surface area contributed by atoms with Crippen molar-refractivity contribution in [2.24, 2.45) is 0 Å². The molecule has 0 spiro atoms. The Hall–Kier alpha value is -0.560. The van der Waals surface area contributed by atoms with Crippen molar-refractivity contribution in [2.75, 3.05) is 6.61 Å². The lowest BCUT2D eigenvalue weighted by Gasteiger charge is -2.51. The quantitative estimate of drug-likeness (QED) is 0.650. The number of rotatable bonds is 3. The van der Waals surface area contributed by atoms with Crippen LogP contribution in [0.25, 0.3) is 0 Å². The van der Waals surface area contributed by atoms with Gasteiger partial charge in [-0.2, -0.15) is 0 Å². The molecule has 1 fully saturated rings. The van der Waals surface area contributed by atoms with E-state index < -0.39 is 0 Å². The summed E-state index contributed by atoms with van der Waals surface area (Å²) in [5.74, 6) is 1.62. The first-order valence-corrected chi connectivity index (χ1v) is 6.76. The smallest absolute Gasteiger partial charge is 0.119 e. The Balaban J connectivity index is 1.94. The van der Waals surface area contributed by atoms with Crippen LogP contribution in [-0.4, -0.2) is 12.2 Å². The van der Waals surface area contributed by atoms with Crippen molar-refractivity contribution in [1.29, 1.82) is 0 Å². The van der Waals surface area contributed by atoms with Gasteiger partial charge in [-0.1, -0.05) is 19.1 Å². The number of hydrogen-bond donors (Lipinski definition) is 0. The lowest BCUT2D eigenvalue weighted by atomic mass is 9.70. The van der Waals surface area contributed by atoms with Gasteiger partial charge in [-0.3, -0.25) is 0 Å². The second-order valence-corrected chi connectivity index (χ2v) is 5.17. The standard InChI is InChI=1S/C15H21O/c1-2-12-11-16-15(12,13-7-3-4-8-13)14-9-5-6-10-14/h7,9H,2-6,8,10-11H2,1H3. The van der Waals surface area contributed by atoms with Crippen LogP contribution in [0.3, 0.4) is 0 Å². The summed E-state index contributed by atoms with van der Waals surface area (Å²) in [4.78, 5) is 0. The van der Waals surface area contributed by atoms with E-state index in [0.717, 1.165) is 6.61 Å². The van der Waals surface area contributed by atoms with Crippen molar-refractivity contribution in [3.8, 4) is 0 Å². The van der Waals surface area contributed by atoms with Gasteiger partial charge in [-0.05, 0) is 56.1 Å². The molecular weight excluding hydrogens is 196 g/mol.